The molecule has 0 saturated heterocycles. The number of hydrogen-bond acceptors (Lipinski definition) is 5. The molecule has 7 nitrogen and oxygen atoms in total. The zero-order chi connectivity index (χ0) is 18.5. The summed E-state index contributed by atoms with van der Waals surface area (Å²) >= 11 is 5.83. The molecule has 136 valence electrons. The van der Waals surface area contributed by atoms with Gasteiger partial charge in [0.1, 0.15) is 5.75 Å². The smallest absolute Gasteiger partial charge is 0.235 e. The molecular formula is C18H19ClN4O3. The fraction of sp³-hybridized carbons (Fsp3) is 0.222. The zero-order valence-corrected chi connectivity index (χ0v) is 15.0. The fourth-order valence-electron chi connectivity index (χ4n) is 2.75. The van der Waals surface area contributed by atoms with Crippen molar-refractivity contribution >= 4 is 29.2 Å². The number of nitrogens with zero attached hydrogens (tertiary/aromatic N) is 3. The summed E-state index contributed by atoms with van der Waals surface area (Å²) in [5, 5.41) is 11.1. The Morgan fingerprint density at radius 2 is 2.15 bits per heavy atom. The molecule has 1 heterocycles. The number of para-hydroxylation sites is 2. The highest BCUT2D eigenvalue weighted by Crippen LogP contribution is 2.28. The lowest BCUT2D eigenvalue weighted by molar-refractivity contribution is -0.577. The SMILES string of the molecule is COc1ccccc1N1CC=[N+](N[CH-]c2ccc(Cl)c([N+](=O)[O-])c2)CC1. The Morgan fingerprint density at radius 1 is 1.35 bits per heavy atom. The van der Waals surface area contributed by atoms with Gasteiger partial charge in [0, 0.05) is 0 Å². The molecule has 2 aromatic rings. The molecule has 8 heteroatoms. The second kappa shape index (κ2) is 7.97. The number of anilines is 1. The first kappa shape index (κ1) is 17.9. The van der Waals surface area contributed by atoms with Gasteiger partial charge in [0.25, 0.3) is 0 Å². The maximum atomic E-state index is 11.0. The average molecular weight is 375 g/mol. The number of halogens is 1. The molecule has 0 aromatic heterocycles. The standard InChI is InChI=1S/C18H19ClN4O3/c1-26-18-5-3-2-4-16(18)21-8-10-22(11-9-21)20-13-14-6-7-15(19)17(12-14)23(24)25/h2-7,10,12-13,20H,8-9,11H2,1H3. The van der Waals surface area contributed by atoms with E-state index in [-0.39, 0.29) is 10.7 Å². The molecule has 1 N–H and O–H groups in total. The van der Waals surface area contributed by atoms with Crippen molar-refractivity contribution in [1.29, 1.82) is 0 Å². The van der Waals surface area contributed by atoms with Crippen molar-refractivity contribution in [3.63, 3.8) is 0 Å². The lowest BCUT2D eigenvalue weighted by atomic mass is 10.2. The summed E-state index contributed by atoms with van der Waals surface area (Å²) in [5.41, 5.74) is 4.79. The molecule has 1 aliphatic rings. The molecule has 0 spiro atoms. The van der Waals surface area contributed by atoms with Crippen molar-refractivity contribution in [1.82, 2.24) is 5.43 Å². The van der Waals surface area contributed by atoms with E-state index in [1.54, 1.807) is 19.7 Å². The van der Waals surface area contributed by atoms with Gasteiger partial charge in [-0.15, -0.1) is 4.68 Å². The van der Waals surface area contributed by atoms with Crippen LogP contribution in [-0.4, -0.2) is 42.6 Å². The first-order chi connectivity index (χ1) is 12.6. The summed E-state index contributed by atoms with van der Waals surface area (Å²) in [7, 11) is 1.67. The van der Waals surface area contributed by atoms with Gasteiger partial charge in [0.2, 0.25) is 5.69 Å². The summed E-state index contributed by atoms with van der Waals surface area (Å²) in [6, 6.07) is 12.6. The van der Waals surface area contributed by atoms with Crippen LogP contribution in [0.3, 0.4) is 0 Å². The van der Waals surface area contributed by atoms with E-state index in [0.717, 1.165) is 31.1 Å². The molecule has 0 atom stereocenters. The van der Waals surface area contributed by atoms with E-state index < -0.39 is 4.92 Å². The van der Waals surface area contributed by atoms with Crippen molar-refractivity contribution in [2.24, 2.45) is 0 Å². The second-order valence-electron chi connectivity index (χ2n) is 5.74. The highest BCUT2D eigenvalue weighted by Gasteiger charge is 2.19. The highest BCUT2D eigenvalue weighted by molar-refractivity contribution is 6.32. The number of nitro benzene ring substituents is 1. The van der Waals surface area contributed by atoms with Crippen LogP contribution in [-0.2, 0) is 0 Å². The fourth-order valence-corrected chi connectivity index (χ4v) is 2.94. The molecule has 1 aliphatic heterocycles. The molecular weight excluding hydrogens is 356 g/mol. The van der Waals surface area contributed by atoms with Crippen LogP contribution < -0.4 is 15.1 Å². The first-order valence-electron chi connectivity index (χ1n) is 8.10. The Balaban J connectivity index is 1.62. The third-order valence-electron chi connectivity index (χ3n) is 4.12. The summed E-state index contributed by atoms with van der Waals surface area (Å²) in [6.45, 7) is 4.02. The van der Waals surface area contributed by atoms with Gasteiger partial charge in [0.15, 0.2) is 12.8 Å². The molecule has 0 radical (unpaired) electrons. The van der Waals surface area contributed by atoms with Crippen LogP contribution in [0.5, 0.6) is 5.75 Å². The lowest BCUT2D eigenvalue weighted by Gasteiger charge is -2.26. The molecule has 3 rings (SSSR count). The van der Waals surface area contributed by atoms with Crippen LogP contribution in [0.25, 0.3) is 0 Å². The van der Waals surface area contributed by atoms with Gasteiger partial charge in [-0.3, -0.25) is 10.1 Å². The third-order valence-corrected chi connectivity index (χ3v) is 4.44. The van der Waals surface area contributed by atoms with Crippen LogP contribution in [0.4, 0.5) is 11.4 Å². The Labute approximate surface area is 156 Å². The number of rotatable bonds is 6. The molecule has 0 unspecified atom stereocenters. The second-order valence-corrected chi connectivity index (χ2v) is 6.14. The molecule has 0 saturated carbocycles. The number of benzene rings is 2. The number of hydrazine groups is 1. The van der Waals surface area contributed by atoms with E-state index in [1.165, 1.54) is 12.1 Å². The monoisotopic (exact) mass is 374 g/mol. The summed E-state index contributed by atoms with van der Waals surface area (Å²) < 4.78 is 7.36. The Hall–Kier alpha value is -2.93. The predicted octanol–water partition coefficient (Wildman–Crippen LogP) is 2.87. The van der Waals surface area contributed by atoms with Crippen molar-refractivity contribution in [2.45, 2.75) is 0 Å². The molecule has 2 aromatic carbocycles. The van der Waals surface area contributed by atoms with Gasteiger partial charge >= 0.3 is 0 Å². The minimum Gasteiger partial charge on any atom is -0.495 e. The van der Waals surface area contributed by atoms with E-state index in [9.17, 15) is 10.1 Å². The molecule has 0 amide bonds. The highest BCUT2D eigenvalue weighted by atomic mass is 35.5. The maximum Gasteiger partial charge on any atom is 0.235 e. The summed E-state index contributed by atoms with van der Waals surface area (Å²) in [5.74, 6) is 0.849. The topological polar surface area (TPSA) is 70.6 Å². The van der Waals surface area contributed by atoms with Crippen LogP contribution in [0.15, 0.2) is 42.5 Å². The minimum atomic E-state index is -0.488. The lowest BCUT2D eigenvalue weighted by Crippen LogP contribution is -2.44. The van der Waals surface area contributed by atoms with Gasteiger partial charge in [-0.05, 0) is 18.7 Å². The molecule has 26 heavy (non-hydrogen) atoms. The van der Waals surface area contributed by atoms with Crippen LogP contribution in [0.1, 0.15) is 5.56 Å². The number of nitro groups is 1. The van der Waals surface area contributed by atoms with Crippen molar-refractivity contribution in [3.05, 3.63) is 69.7 Å². The Bertz CT molecular complexity index is 841. The van der Waals surface area contributed by atoms with Crippen LogP contribution in [0.2, 0.25) is 5.02 Å². The van der Waals surface area contributed by atoms with Gasteiger partial charge in [-0.1, -0.05) is 35.9 Å². The number of hydrogen-bond donors (Lipinski definition) is 1. The molecule has 0 bridgehead atoms. The number of nitrogens with one attached hydrogen (secondary N) is 1. The van der Waals surface area contributed by atoms with E-state index in [2.05, 4.69) is 10.3 Å². The number of hydrazone groups is 1. The zero-order valence-electron chi connectivity index (χ0n) is 14.3. The van der Waals surface area contributed by atoms with Crippen molar-refractivity contribution in [3.8, 4) is 5.75 Å². The molecule has 0 fully saturated rings. The normalized spacial score (nSPS) is 13.8. The maximum absolute atomic E-state index is 11.0. The third kappa shape index (κ3) is 4.00. The van der Waals surface area contributed by atoms with Crippen LogP contribution in [0, 0.1) is 16.7 Å². The first-order valence-corrected chi connectivity index (χ1v) is 8.47. The number of methoxy groups -OCH3 is 1. The van der Waals surface area contributed by atoms with E-state index >= 15 is 0 Å². The largest absolute Gasteiger partial charge is 0.495 e. The predicted molar refractivity (Wildman–Crippen MR) is 101 cm³/mol. The van der Waals surface area contributed by atoms with Crippen LogP contribution >= 0.6 is 11.6 Å². The van der Waals surface area contributed by atoms with E-state index in [0.29, 0.717) is 5.56 Å². The average Bonchev–Trinajstić information content (AvgIpc) is 2.67. The molecule has 0 aliphatic carbocycles. The quantitative estimate of drug-likeness (QED) is 0.364. The number of ether oxygens (including phenoxy) is 1. The minimum absolute atomic E-state index is 0.104. The van der Waals surface area contributed by atoms with E-state index in [4.69, 9.17) is 16.3 Å². The van der Waals surface area contributed by atoms with E-state index in [1.807, 2.05) is 35.2 Å². The van der Waals surface area contributed by atoms with Crippen molar-refractivity contribution < 1.29 is 14.3 Å². The van der Waals surface area contributed by atoms with Gasteiger partial charge in [-0.25, -0.2) is 5.43 Å². The Morgan fingerprint density at radius 3 is 2.85 bits per heavy atom. The van der Waals surface area contributed by atoms with Gasteiger partial charge in [-0.2, -0.15) is 11.6 Å². The summed E-state index contributed by atoms with van der Waals surface area (Å²) in [4.78, 5) is 12.7. The Kier molecular flexibility index (Phi) is 5.48. The van der Waals surface area contributed by atoms with Gasteiger partial charge in [0.05, 0.1) is 35.8 Å². The van der Waals surface area contributed by atoms with Crippen molar-refractivity contribution in [2.75, 3.05) is 31.6 Å². The van der Waals surface area contributed by atoms with Gasteiger partial charge < -0.3 is 9.64 Å². The summed E-state index contributed by atoms with van der Waals surface area (Å²) in [6.07, 6.45) is 2.02.